The predicted molar refractivity (Wildman–Crippen MR) is 46.9 cm³/mol. The third kappa shape index (κ3) is 1.50. The predicted octanol–water partition coefficient (Wildman–Crippen LogP) is -0.235. The molecule has 0 aromatic rings. The normalized spacial score (nSPS) is 47.7. The van der Waals surface area contributed by atoms with Crippen molar-refractivity contribution in [2.75, 3.05) is 0 Å². The second kappa shape index (κ2) is 2.78. The molecule has 74 valence electrons. The van der Waals surface area contributed by atoms with Crippen LogP contribution in [0.4, 0.5) is 0 Å². The number of hydrogen-bond acceptors (Lipinski definition) is 4. The fraction of sp³-hybridized carbons (Fsp3) is 0.778. The van der Waals surface area contributed by atoms with E-state index in [0.29, 0.717) is 0 Å². The van der Waals surface area contributed by atoms with Crippen LogP contribution in [0.25, 0.3) is 0 Å². The first-order valence-corrected chi connectivity index (χ1v) is 4.47. The molecule has 0 spiro atoms. The van der Waals surface area contributed by atoms with Gasteiger partial charge in [-0.2, -0.15) is 0 Å². The number of rotatable bonds is 0. The van der Waals surface area contributed by atoms with Crippen molar-refractivity contribution in [1.82, 2.24) is 0 Å². The van der Waals surface area contributed by atoms with Crippen LogP contribution in [0.5, 0.6) is 0 Å². The molecule has 3 N–H and O–H groups in total. The summed E-state index contributed by atoms with van der Waals surface area (Å²) >= 11 is 0. The van der Waals surface area contributed by atoms with Crippen molar-refractivity contribution in [3.05, 3.63) is 12.2 Å². The quantitative estimate of drug-likeness (QED) is 0.511. The van der Waals surface area contributed by atoms with Gasteiger partial charge in [0.15, 0.2) is 5.79 Å². The van der Waals surface area contributed by atoms with E-state index in [-0.39, 0.29) is 18.2 Å². The number of hydrogen-bond donors (Lipinski definition) is 2. The first kappa shape index (κ1) is 9.15. The average Bonchev–Trinajstić information content (AvgIpc) is 2.35. The maximum absolute atomic E-state index is 9.58. The lowest BCUT2D eigenvalue weighted by atomic mass is 9.95. The summed E-state index contributed by atoms with van der Waals surface area (Å²) in [4.78, 5) is 0. The molecule has 0 aromatic carbocycles. The summed E-state index contributed by atoms with van der Waals surface area (Å²) < 4.78 is 11.1. The van der Waals surface area contributed by atoms with Crippen molar-refractivity contribution in [2.45, 2.75) is 44.0 Å². The molecule has 1 saturated heterocycles. The van der Waals surface area contributed by atoms with Crippen LogP contribution in [0.2, 0.25) is 0 Å². The Bertz CT molecular complexity index is 217. The molecule has 1 heterocycles. The zero-order valence-electron chi connectivity index (χ0n) is 7.81. The Morgan fingerprint density at radius 1 is 1.23 bits per heavy atom. The lowest BCUT2D eigenvalue weighted by Gasteiger charge is -2.27. The van der Waals surface area contributed by atoms with Gasteiger partial charge in [-0.15, -0.1) is 0 Å². The third-order valence-corrected chi connectivity index (χ3v) is 2.41. The van der Waals surface area contributed by atoms with Crippen LogP contribution in [-0.2, 0) is 9.47 Å². The molecule has 1 aliphatic carbocycles. The monoisotopic (exact) mass is 185 g/mol. The molecule has 4 atom stereocenters. The van der Waals surface area contributed by atoms with E-state index < -0.39 is 11.9 Å². The molecule has 4 nitrogen and oxygen atoms in total. The van der Waals surface area contributed by atoms with Gasteiger partial charge in [0.25, 0.3) is 0 Å². The molecule has 0 aromatic heterocycles. The summed E-state index contributed by atoms with van der Waals surface area (Å²) in [7, 11) is 0. The molecule has 1 fully saturated rings. The van der Waals surface area contributed by atoms with Crippen molar-refractivity contribution >= 4 is 0 Å². The maximum Gasteiger partial charge on any atom is 0.164 e. The Morgan fingerprint density at radius 3 is 2.46 bits per heavy atom. The molecule has 0 saturated carbocycles. The molecule has 4 heteroatoms. The lowest BCUT2D eigenvalue weighted by Crippen LogP contribution is -2.48. The van der Waals surface area contributed by atoms with E-state index in [1.165, 1.54) is 0 Å². The number of ether oxygens (including phenoxy) is 2. The van der Waals surface area contributed by atoms with Gasteiger partial charge in [0.05, 0.1) is 6.04 Å². The van der Waals surface area contributed by atoms with E-state index in [2.05, 4.69) is 0 Å². The second-order valence-corrected chi connectivity index (χ2v) is 4.02. The standard InChI is InChI=1S/C9H15NO3/c1-9(2)12-7-5(10)3-4-6(11)8(7)13-9/h3-8,11H,10H2,1-2H3/t5-,6+,7-,8+/m1/s1. The van der Waals surface area contributed by atoms with E-state index in [1.807, 2.05) is 13.8 Å². The van der Waals surface area contributed by atoms with Gasteiger partial charge >= 0.3 is 0 Å². The van der Waals surface area contributed by atoms with Crippen LogP contribution in [0.1, 0.15) is 13.8 Å². The molecule has 0 unspecified atom stereocenters. The first-order chi connectivity index (χ1) is 5.99. The van der Waals surface area contributed by atoms with Crippen LogP contribution in [-0.4, -0.2) is 35.2 Å². The summed E-state index contributed by atoms with van der Waals surface area (Å²) in [5.41, 5.74) is 5.80. The minimum atomic E-state index is -0.639. The highest BCUT2D eigenvalue weighted by Crippen LogP contribution is 2.33. The highest BCUT2D eigenvalue weighted by Gasteiger charge is 2.47. The largest absolute Gasteiger partial charge is 0.386 e. The van der Waals surface area contributed by atoms with E-state index in [0.717, 1.165) is 0 Å². The summed E-state index contributed by atoms with van der Waals surface area (Å²) in [6.07, 6.45) is 2.27. The van der Waals surface area contributed by atoms with Crippen LogP contribution in [0.15, 0.2) is 12.2 Å². The van der Waals surface area contributed by atoms with Gasteiger partial charge in [-0.05, 0) is 13.8 Å². The van der Waals surface area contributed by atoms with Crippen molar-refractivity contribution in [2.24, 2.45) is 5.73 Å². The van der Waals surface area contributed by atoms with Gasteiger partial charge < -0.3 is 20.3 Å². The summed E-state index contributed by atoms with van der Waals surface area (Å²) in [5, 5.41) is 9.58. The highest BCUT2D eigenvalue weighted by molar-refractivity contribution is 5.12. The number of aliphatic hydroxyl groups is 1. The van der Waals surface area contributed by atoms with E-state index in [9.17, 15) is 5.11 Å². The van der Waals surface area contributed by atoms with Crippen molar-refractivity contribution in [3.8, 4) is 0 Å². The highest BCUT2D eigenvalue weighted by atomic mass is 16.8. The van der Waals surface area contributed by atoms with Crippen molar-refractivity contribution in [3.63, 3.8) is 0 Å². The Morgan fingerprint density at radius 2 is 1.85 bits per heavy atom. The summed E-state index contributed by atoms with van der Waals surface area (Å²) in [6, 6.07) is -0.185. The molecule has 1 aliphatic heterocycles. The Hall–Kier alpha value is -0.420. The molecule has 0 amide bonds. The summed E-state index contributed by atoms with van der Waals surface area (Å²) in [5.74, 6) is -0.639. The minimum Gasteiger partial charge on any atom is -0.386 e. The van der Waals surface area contributed by atoms with E-state index in [4.69, 9.17) is 15.2 Å². The zero-order valence-corrected chi connectivity index (χ0v) is 7.81. The molecular formula is C9H15NO3. The smallest absolute Gasteiger partial charge is 0.164 e. The van der Waals surface area contributed by atoms with Crippen LogP contribution >= 0.6 is 0 Å². The molecule has 13 heavy (non-hydrogen) atoms. The van der Waals surface area contributed by atoms with Gasteiger partial charge in [-0.3, -0.25) is 0 Å². The number of aliphatic hydroxyl groups excluding tert-OH is 1. The fourth-order valence-corrected chi connectivity index (χ4v) is 1.84. The maximum atomic E-state index is 9.58. The van der Waals surface area contributed by atoms with E-state index in [1.54, 1.807) is 12.2 Å². The third-order valence-electron chi connectivity index (χ3n) is 2.41. The van der Waals surface area contributed by atoms with Crippen molar-refractivity contribution in [1.29, 1.82) is 0 Å². The topological polar surface area (TPSA) is 64.7 Å². The van der Waals surface area contributed by atoms with Gasteiger partial charge in [0.1, 0.15) is 18.3 Å². The first-order valence-electron chi connectivity index (χ1n) is 4.47. The number of nitrogens with two attached hydrogens (primary N) is 1. The average molecular weight is 185 g/mol. The summed E-state index contributed by atoms with van der Waals surface area (Å²) in [6.45, 7) is 3.65. The van der Waals surface area contributed by atoms with Gasteiger partial charge in [-0.25, -0.2) is 0 Å². The molecule has 2 aliphatic rings. The molecule has 0 radical (unpaired) electrons. The second-order valence-electron chi connectivity index (χ2n) is 4.02. The minimum absolute atomic E-state index is 0.185. The van der Waals surface area contributed by atoms with E-state index >= 15 is 0 Å². The van der Waals surface area contributed by atoms with Gasteiger partial charge in [-0.1, -0.05) is 12.2 Å². The molecular weight excluding hydrogens is 170 g/mol. The SMILES string of the molecule is CC1(C)O[C@@H]2[C@H](O1)[C@H](N)C=C[C@@H]2O. The van der Waals surface area contributed by atoms with Crippen LogP contribution < -0.4 is 5.73 Å². The molecule has 2 rings (SSSR count). The van der Waals surface area contributed by atoms with Crippen LogP contribution in [0, 0.1) is 0 Å². The van der Waals surface area contributed by atoms with Crippen molar-refractivity contribution < 1.29 is 14.6 Å². The number of fused-ring (bicyclic) bond motifs is 1. The Kier molecular flexibility index (Phi) is 1.96. The zero-order chi connectivity index (χ0) is 9.64. The lowest BCUT2D eigenvalue weighted by molar-refractivity contribution is -0.152. The Balaban J connectivity index is 2.21. The van der Waals surface area contributed by atoms with Gasteiger partial charge in [0, 0.05) is 0 Å². The van der Waals surface area contributed by atoms with Crippen LogP contribution in [0.3, 0.4) is 0 Å². The fourth-order valence-electron chi connectivity index (χ4n) is 1.84. The Labute approximate surface area is 77.3 Å². The molecule has 0 bridgehead atoms. The van der Waals surface area contributed by atoms with Gasteiger partial charge in [0.2, 0.25) is 0 Å².